The molecule has 1 aromatic carbocycles. The van der Waals surface area contributed by atoms with Crippen LogP contribution in [0, 0.1) is 0 Å². The van der Waals surface area contributed by atoms with Crippen molar-refractivity contribution >= 4 is 11.9 Å². The lowest BCUT2D eigenvalue weighted by Gasteiger charge is -2.17. The molecule has 1 rings (SSSR count). The quantitative estimate of drug-likeness (QED) is 0.318. The second-order valence-electron chi connectivity index (χ2n) is 7.79. The van der Waals surface area contributed by atoms with Crippen LogP contribution >= 0.6 is 0 Å². The summed E-state index contributed by atoms with van der Waals surface area (Å²) in [5.74, 6) is -0.684. The fourth-order valence-electron chi connectivity index (χ4n) is 3.68. The number of hydrogen-bond donors (Lipinski definition) is 2. The van der Waals surface area contributed by atoms with Crippen LogP contribution in [-0.4, -0.2) is 23.5 Å². The van der Waals surface area contributed by atoms with Crippen molar-refractivity contribution in [1.29, 1.82) is 0 Å². The predicted molar refractivity (Wildman–Crippen MR) is 116 cm³/mol. The van der Waals surface area contributed by atoms with Gasteiger partial charge in [-0.2, -0.15) is 0 Å². The van der Waals surface area contributed by atoms with Gasteiger partial charge >= 0.3 is 5.97 Å². The van der Waals surface area contributed by atoms with Crippen molar-refractivity contribution in [3.8, 4) is 0 Å². The van der Waals surface area contributed by atoms with Crippen LogP contribution in [0.3, 0.4) is 0 Å². The lowest BCUT2D eigenvalue weighted by molar-refractivity contribution is -0.137. The van der Waals surface area contributed by atoms with E-state index in [1.165, 1.54) is 63.4 Å². The standard InChI is InChI=1S/C24H39NO3/c1-2-3-4-5-6-7-8-9-11-15-22(21-16-12-10-13-17-21)18-14-19-23(26)25-20-24(27)28/h10,12-13,16-17,22H,2-9,11,14-15,18-20H2,1H3,(H,25,26)(H,27,28). The summed E-state index contributed by atoms with van der Waals surface area (Å²) >= 11 is 0. The molecule has 0 aliphatic carbocycles. The number of carboxylic acids is 1. The third-order valence-corrected chi connectivity index (χ3v) is 5.32. The summed E-state index contributed by atoms with van der Waals surface area (Å²) in [7, 11) is 0. The number of hydrogen-bond acceptors (Lipinski definition) is 2. The third-order valence-electron chi connectivity index (χ3n) is 5.32. The highest BCUT2D eigenvalue weighted by Crippen LogP contribution is 2.28. The molecule has 0 saturated carbocycles. The molecule has 1 unspecified atom stereocenters. The minimum atomic E-state index is -0.999. The molecule has 0 fully saturated rings. The van der Waals surface area contributed by atoms with Crippen LogP contribution < -0.4 is 5.32 Å². The smallest absolute Gasteiger partial charge is 0.322 e. The fraction of sp³-hybridized carbons (Fsp3) is 0.667. The maximum absolute atomic E-state index is 11.7. The highest BCUT2D eigenvalue weighted by Gasteiger charge is 2.12. The number of aliphatic carboxylic acids is 1. The van der Waals surface area contributed by atoms with Gasteiger partial charge in [0.05, 0.1) is 0 Å². The number of benzene rings is 1. The summed E-state index contributed by atoms with van der Waals surface area (Å²) in [5.41, 5.74) is 1.35. The first-order chi connectivity index (χ1) is 13.6. The molecule has 0 aliphatic heterocycles. The number of carboxylic acid groups (broad SMARTS) is 1. The Morgan fingerprint density at radius 1 is 0.857 bits per heavy atom. The first-order valence-corrected chi connectivity index (χ1v) is 11.2. The Morgan fingerprint density at radius 3 is 2.04 bits per heavy atom. The van der Waals surface area contributed by atoms with Crippen molar-refractivity contribution in [3.05, 3.63) is 35.9 Å². The van der Waals surface area contributed by atoms with Gasteiger partial charge in [0.1, 0.15) is 6.54 Å². The lowest BCUT2D eigenvalue weighted by Crippen LogP contribution is -2.28. The van der Waals surface area contributed by atoms with Crippen LogP contribution in [0.5, 0.6) is 0 Å². The number of carbonyl (C=O) groups excluding carboxylic acids is 1. The monoisotopic (exact) mass is 389 g/mol. The Kier molecular flexibility index (Phi) is 14.0. The topological polar surface area (TPSA) is 66.4 Å². The van der Waals surface area contributed by atoms with E-state index in [1.54, 1.807) is 0 Å². The molecule has 158 valence electrons. The Bertz CT molecular complexity index is 530. The molecule has 4 nitrogen and oxygen atoms in total. The van der Waals surface area contributed by atoms with Crippen LogP contribution in [0.25, 0.3) is 0 Å². The van der Waals surface area contributed by atoms with E-state index in [-0.39, 0.29) is 12.5 Å². The summed E-state index contributed by atoms with van der Waals surface area (Å²) in [5, 5.41) is 11.1. The zero-order chi connectivity index (χ0) is 20.5. The van der Waals surface area contributed by atoms with E-state index in [1.807, 2.05) is 6.07 Å². The Morgan fingerprint density at radius 2 is 1.43 bits per heavy atom. The summed E-state index contributed by atoms with van der Waals surface area (Å²) in [6, 6.07) is 10.6. The van der Waals surface area contributed by atoms with Gasteiger partial charge in [0.25, 0.3) is 0 Å². The number of nitrogens with one attached hydrogen (secondary N) is 1. The van der Waals surface area contributed by atoms with Crippen molar-refractivity contribution in [3.63, 3.8) is 0 Å². The van der Waals surface area contributed by atoms with E-state index in [2.05, 4.69) is 36.5 Å². The number of rotatable bonds is 17. The minimum Gasteiger partial charge on any atom is -0.480 e. The molecule has 0 saturated heterocycles. The molecule has 0 bridgehead atoms. The third kappa shape index (κ3) is 12.5. The average Bonchev–Trinajstić information content (AvgIpc) is 2.70. The first-order valence-electron chi connectivity index (χ1n) is 11.2. The summed E-state index contributed by atoms with van der Waals surface area (Å²) in [6.45, 7) is 1.96. The molecule has 1 aromatic rings. The second kappa shape index (κ2) is 16.1. The number of carbonyl (C=O) groups is 2. The summed E-state index contributed by atoms with van der Waals surface area (Å²) in [6.07, 6.45) is 15.3. The SMILES string of the molecule is CCCCCCCCCCCC(CCCC(=O)NCC(=O)O)c1ccccc1. The largest absolute Gasteiger partial charge is 0.480 e. The van der Waals surface area contributed by atoms with Gasteiger partial charge in [-0.05, 0) is 30.7 Å². The van der Waals surface area contributed by atoms with E-state index in [9.17, 15) is 9.59 Å². The molecule has 4 heteroatoms. The maximum atomic E-state index is 11.7. The molecule has 0 heterocycles. The van der Waals surface area contributed by atoms with Gasteiger partial charge in [-0.1, -0.05) is 95.0 Å². The molecule has 0 radical (unpaired) electrons. The van der Waals surface area contributed by atoms with E-state index in [0.717, 1.165) is 19.3 Å². The highest BCUT2D eigenvalue weighted by atomic mass is 16.4. The van der Waals surface area contributed by atoms with E-state index < -0.39 is 5.97 Å². The average molecular weight is 390 g/mol. The molecular weight excluding hydrogens is 350 g/mol. The number of unbranched alkanes of at least 4 members (excludes halogenated alkanes) is 8. The van der Waals surface area contributed by atoms with Gasteiger partial charge in [0.15, 0.2) is 0 Å². The van der Waals surface area contributed by atoms with Gasteiger partial charge in [-0.15, -0.1) is 0 Å². The normalized spacial score (nSPS) is 11.9. The molecule has 2 N–H and O–H groups in total. The summed E-state index contributed by atoms with van der Waals surface area (Å²) in [4.78, 5) is 22.2. The maximum Gasteiger partial charge on any atom is 0.322 e. The number of amides is 1. The molecule has 1 atom stereocenters. The van der Waals surface area contributed by atoms with Gasteiger partial charge in [-0.25, -0.2) is 0 Å². The highest BCUT2D eigenvalue weighted by molar-refractivity contribution is 5.80. The predicted octanol–water partition coefficient (Wildman–Crippen LogP) is 6.06. The van der Waals surface area contributed by atoms with Crippen molar-refractivity contribution in [1.82, 2.24) is 5.32 Å². The van der Waals surface area contributed by atoms with Gasteiger partial charge in [0.2, 0.25) is 5.91 Å². The van der Waals surface area contributed by atoms with Crippen LogP contribution in [0.2, 0.25) is 0 Å². The van der Waals surface area contributed by atoms with Crippen molar-refractivity contribution < 1.29 is 14.7 Å². The van der Waals surface area contributed by atoms with E-state index in [4.69, 9.17) is 5.11 Å². The van der Waals surface area contributed by atoms with Gasteiger partial charge in [0, 0.05) is 6.42 Å². The Labute approximate surface area is 171 Å². The summed E-state index contributed by atoms with van der Waals surface area (Å²) < 4.78 is 0. The van der Waals surface area contributed by atoms with E-state index in [0.29, 0.717) is 12.3 Å². The second-order valence-corrected chi connectivity index (χ2v) is 7.79. The molecule has 28 heavy (non-hydrogen) atoms. The van der Waals surface area contributed by atoms with Crippen LogP contribution in [0.1, 0.15) is 102 Å². The fourth-order valence-corrected chi connectivity index (χ4v) is 3.68. The zero-order valence-electron chi connectivity index (χ0n) is 17.6. The molecule has 0 aliphatic rings. The molecule has 0 aromatic heterocycles. The minimum absolute atomic E-state index is 0.169. The van der Waals surface area contributed by atoms with Crippen molar-refractivity contribution in [2.45, 2.75) is 96.3 Å². The van der Waals surface area contributed by atoms with Crippen LogP contribution in [0.4, 0.5) is 0 Å². The van der Waals surface area contributed by atoms with Gasteiger partial charge in [-0.3, -0.25) is 9.59 Å². The van der Waals surface area contributed by atoms with Crippen molar-refractivity contribution in [2.75, 3.05) is 6.54 Å². The molecule has 1 amide bonds. The lowest BCUT2D eigenvalue weighted by atomic mass is 9.88. The first kappa shape index (κ1) is 24.2. The Hall–Kier alpha value is -1.84. The van der Waals surface area contributed by atoms with Crippen molar-refractivity contribution in [2.24, 2.45) is 0 Å². The molecule has 0 spiro atoms. The van der Waals surface area contributed by atoms with Crippen LogP contribution in [-0.2, 0) is 9.59 Å². The molecular formula is C24H39NO3. The van der Waals surface area contributed by atoms with Crippen LogP contribution in [0.15, 0.2) is 30.3 Å². The Balaban J connectivity index is 2.27. The zero-order valence-corrected chi connectivity index (χ0v) is 17.6. The van der Waals surface area contributed by atoms with Gasteiger partial charge < -0.3 is 10.4 Å². The van der Waals surface area contributed by atoms with E-state index >= 15 is 0 Å².